The molecule has 0 aliphatic heterocycles. The highest BCUT2D eigenvalue weighted by Gasteiger charge is 2.60. The molecule has 30 heavy (non-hydrogen) atoms. The Hall–Kier alpha value is -0.300. The van der Waals surface area contributed by atoms with Crippen molar-refractivity contribution in [3.8, 4) is 0 Å². The summed E-state index contributed by atoms with van der Waals surface area (Å²) in [5.41, 5.74) is 1.07. The molecular formula is C29H50O. The maximum absolute atomic E-state index is 10.3. The van der Waals surface area contributed by atoms with Crippen LogP contribution in [0.1, 0.15) is 106 Å². The van der Waals surface area contributed by atoms with E-state index in [9.17, 15) is 5.11 Å². The third-order valence-corrected chi connectivity index (χ3v) is 11.3. The largest absolute Gasteiger partial charge is 0.393 e. The quantitative estimate of drug-likeness (QED) is 0.454. The van der Waals surface area contributed by atoms with Gasteiger partial charge in [-0.3, -0.25) is 0 Å². The van der Waals surface area contributed by atoms with Gasteiger partial charge in [0.2, 0.25) is 0 Å². The Morgan fingerprint density at radius 2 is 1.57 bits per heavy atom. The van der Waals surface area contributed by atoms with Gasteiger partial charge in [0.1, 0.15) is 0 Å². The highest BCUT2D eigenvalue weighted by atomic mass is 16.3. The molecule has 0 aromatic carbocycles. The van der Waals surface area contributed by atoms with E-state index in [1.54, 1.807) is 0 Å². The molecule has 4 aliphatic rings. The van der Waals surface area contributed by atoms with Gasteiger partial charge in [-0.05, 0) is 122 Å². The van der Waals surface area contributed by atoms with Crippen LogP contribution in [0.25, 0.3) is 0 Å². The zero-order chi connectivity index (χ0) is 21.7. The smallest absolute Gasteiger partial charge is 0.0543 e. The van der Waals surface area contributed by atoms with Crippen molar-refractivity contribution in [3.63, 3.8) is 0 Å². The molecule has 1 heteroatoms. The van der Waals surface area contributed by atoms with Gasteiger partial charge in [-0.2, -0.15) is 0 Å². The summed E-state index contributed by atoms with van der Waals surface area (Å²) < 4.78 is 0. The number of hydrogen-bond donors (Lipinski definition) is 1. The third kappa shape index (κ3) is 3.74. The summed E-state index contributed by atoms with van der Waals surface area (Å²) in [4.78, 5) is 0. The Balaban J connectivity index is 1.49. The summed E-state index contributed by atoms with van der Waals surface area (Å²) in [6.07, 6.45) is 18.5. The highest BCUT2D eigenvalue weighted by molar-refractivity contribution is 5.11. The molecule has 172 valence electrons. The second kappa shape index (κ2) is 8.57. The number of fused-ring (bicyclic) bond motifs is 5. The number of hydrogen-bond acceptors (Lipinski definition) is 1. The SMILES string of the molecule is CC[C@H](C=C[C@@H](C)[C@H]1CC[C@H]2[C@@H]3CC[C@H]4C[C@@H](O)CC[C@]4(C)[C@H]3CC[C@]12C)C(C)C. The van der Waals surface area contributed by atoms with Gasteiger partial charge in [0.25, 0.3) is 0 Å². The predicted octanol–water partition coefficient (Wildman–Crippen LogP) is 7.88. The lowest BCUT2D eigenvalue weighted by atomic mass is 9.44. The average Bonchev–Trinajstić information content (AvgIpc) is 3.06. The van der Waals surface area contributed by atoms with E-state index in [0.717, 1.165) is 60.2 Å². The van der Waals surface area contributed by atoms with Crippen molar-refractivity contribution in [2.75, 3.05) is 0 Å². The molecule has 4 saturated carbocycles. The van der Waals surface area contributed by atoms with E-state index in [4.69, 9.17) is 0 Å². The standard InChI is InChI=1S/C29H50O/c1-7-21(19(2)3)9-8-20(4)25-12-13-26-24-11-10-22-18-23(30)14-16-28(22,5)27(24)15-17-29(25,26)6/h8-9,19-27,30H,7,10-18H2,1-6H3/t20-,21-,22+,23+,24+,25-,26+,27+,28+,29-/m1/s1. The predicted molar refractivity (Wildman–Crippen MR) is 128 cm³/mol. The zero-order valence-corrected chi connectivity index (χ0v) is 20.9. The van der Waals surface area contributed by atoms with E-state index in [-0.39, 0.29) is 6.10 Å². The Kier molecular flexibility index (Phi) is 6.53. The first-order valence-electron chi connectivity index (χ1n) is 13.6. The molecule has 1 nitrogen and oxygen atoms in total. The first kappa shape index (κ1) is 22.9. The van der Waals surface area contributed by atoms with Crippen LogP contribution in [0.5, 0.6) is 0 Å². The van der Waals surface area contributed by atoms with Crippen LogP contribution in [-0.2, 0) is 0 Å². The lowest BCUT2D eigenvalue weighted by molar-refractivity contribution is -0.128. The van der Waals surface area contributed by atoms with E-state index in [0.29, 0.717) is 10.8 Å². The normalized spacial score (nSPS) is 48.3. The summed E-state index contributed by atoms with van der Waals surface area (Å²) in [5, 5.41) is 10.3. The molecule has 0 radical (unpaired) electrons. The van der Waals surface area contributed by atoms with Gasteiger partial charge in [0, 0.05) is 0 Å². The van der Waals surface area contributed by atoms with Crippen molar-refractivity contribution in [2.45, 2.75) is 112 Å². The summed E-state index contributed by atoms with van der Waals surface area (Å²) in [5.74, 6) is 6.72. The molecule has 0 heterocycles. The molecule has 1 N–H and O–H groups in total. The van der Waals surface area contributed by atoms with E-state index in [1.807, 2.05) is 0 Å². The van der Waals surface area contributed by atoms with E-state index >= 15 is 0 Å². The van der Waals surface area contributed by atoms with Crippen LogP contribution in [-0.4, -0.2) is 11.2 Å². The molecule has 4 rings (SSSR count). The fourth-order valence-electron chi connectivity index (χ4n) is 9.42. The molecular weight excluding hydrogens is 364 g/mol. The highest BCUT2D eigenvalue weighted by Crippen LogP contribution is 2.68. The third-order valence-electron chi connectivity index (χ3n) is 11.3. The number of aliphatic hydroxyl groups excluding tert-OH is 1. The zero-order valence-electron chi connectivity index (χ0n) is 20.9. The molecule has 0 amide bonds. The first-order valence-corrected chi connectivity index (χ1v) is 13.6. The van der Waals surface area contributed by atoms with Gasteiger partial charge in [-0.25, -0.2) is 0 Å². The van der Waals surface area contributed by atoms with Crippen molar-refractivity contribution in [1.29, 1.82) is 0 Å². The monoisotopic (exact) mass is 414 g/mol. The molecule has 0 bridgehead atoms. The number of allylic oxidation sites excluding steroid dienone is 2. The second-order valence-corrected chi connectivity index (χ2v) is 12.9. The fourth-order valence-corrected chi connectivity index (χ4v) is 9.42. The van der Waals surface area contributed by atoms with Crippen LogP contribution in [0.15, 0.2) is 12.2 Å². The summed E-state index contributed by atoms with van der Waals surface area (Å²) >= 11 is 0. The minimum Gasteiger partial charge on any atom is -0.393 e. The van der Waals surface area contributed by atoms with Crippen molar-refractivity contribution in [2.24, 2.45) is 58.2 Å². The van der Waals surface area contributed by atoms with Crippen LogP contribution in [0, 0.1) is 58.2 Å². The van der Waals surface area contributed by atoms with Crippen molar-refractivity contribution < 1.29 is 5.11 Å². The Morgan fingerprint density at radius 1 is 0.867 bits per heavy atom. The minimum absolute atomic E-state index is 0.0187. The second-order valence-electron chi connectivity index (χ2n) is 12.9. The molecule has 0 saturated heterocycles. The van der Waals surface area contributed by atoms with Crippen molar-refractivity contribution >= 4 is 0 Å². The van der Waals surface area contributed by atoms with Gasteiger partial charge in [0.15, 0.2) is 0 Å². The average molecular weight is 415 g/mol. The van der Waals surface area contributed by atoms with Crippen LogP contribution in [0.3, 0.4) is 0 Å². The van der Waals surface area contributed by atoms with Crippen molar-refractivity contribution in [3.05, 3.63) is 12.2 Å². The van der Waals surface area contributed by atoms with Crippen LogP contribution in [0.4, 0.5) is 0 Å². The molecule has 4 aliphatic carbocycles. The van der Waals surface area contributed by atoms with E-state index < -0.39 is 0 Å². The first-order chi connectivity index (χ1) is 14.2. The van der Waals surface area contributed by atoms with Crippen molar-refractivity contribution in [1.82, 2.24) is 0 Å². The lowest BCUT2D eigenvalue weighted by Crippen LogP contribution is -2.54. The number of rotatable bonds is 5. The number of aliphatic hydroxyl groups is 1. The maximum Gasteiger partial charge on any atom is 0.0543 e. The van der Waals surface area contributed by atoms with Gasteiger partial charge in [-0.1, -0.05) is 53.7 Å². The van der Waals surface area contributed by atoms with E-state index in [2.05, 4.69) is 53.7 Å². The van der Waals surface area contributed by atoms with E-state index in [1.165, 1.54) is 51.4 Å². The van der Waals surface area contributed by atoms with Gasteiger partial charge < -0.3 is 5.11 Å². The molecule has 4 fully saturated rings. The summed E-state index contributed by atoms with van der Waals surface area (Å²) in [6.45, 7) is 14.9. The summed E-state index contributed by atoms with van der Waals surface area (Å²) in [6, 6.07) is 0. The fraction of sp³-hybridized carbons (Fsp3) is 0.931. The maximum atomic E-state index is 10.3. The molecule has 0 aromatic rings. The lowest BCUT2D eigenvalue weighted by Gasteiger charge is -2.61. The van der Waals surface area contributed by atoms with Crippen LogP contribution < -0.4 is 0 Å². The molecule has 10 atom stereocenters. The van der Waals surface area contributed by atoms with Gasteiger partial charge in [-0.15, -0.1) is 0 Å². The summed E-state index contributed by atoms with van der Waals surface area (Å²) in [7, 11) is 0. The Morgan fingerprint density at radius 3 is 2.27 bits per heavy atom. The topological polar surface area (TPSA) is 20.2 Å². The molecule has 0 unspecified atom stereocenters. The molecule has 0 spiro atoms. The Bertz CT molecular complexity index is 622. The van der Waals surface area contributed by atoms with Gasteiger partial charge >= 0.3 is 0 Å². The molecule has 0 aromatic heterocycles. The van der Waals surface area contributed by atoms with Crippen LogP contribution in [0.2, 0.25) is 0 Å². The van der Waals surface area contributed by atoms with Gasteiger partial charge in [0.05, 0.1) is 6.10 Å². The minimum atomic E-state index is -0.0187. The Labute approximate surface area is 187 Å². The van der Waals surface area contributed by atoms with Crippen LogP contribution >= 0.6 is 0 Å².